The maximum absolute atomic E-state index is 12.1. The Morgan fingerprint density at radius 3 is 2.75 bits per heavy atom. The van der Waals surface area contributed by atoms with Gasteiger partial charge in [-0.3, -0.25) is 4.79 Å². The summed E-state index contributed by atoms with van der Waals surface area (Å²) >= 11 is 0. The highest BCUT2D eigenvalue weighted by Crippen LogP contribution is 2.31. The summed E-state index contributed by atoms with van der Waals surface area (Å²) in [4.78, 5) is 19.5. The van der Waals surface area contributed by atoms with Gasteiger partial charge < -0.3 is 16.0 Å². The smallest absolute Gasteiger partial charge is 0.271 e. The second-order valence-electron chi connectivity index (χ2n) is 6.09. The van der Waals surface area contributed by atoms with Crippen LogP contribution in [0, 0.1) is 5.92 Å². The van der Waals surface area contributed by atoms with Crippen molar-refractivity contribution in [2.75, 3.05) is 5.32 Å². The number of amides is 1. The molecule has 24 heavy (non-hydrogen) atoms. The lowest BCUT2D eigenvalue weighted by Gasteiger charge is -2.08. The minimum absolute atomic E-state index is 0.244. The normalized spacial score (nSPS) is 14.8. The maximum atomic E-state index is 12.1. The van der Waals surface area contributed by atoms with E-state index in [2.05, 4.69) is 15.3 Å². The summed E-state index contributed by atoms with van der Waals surface area (Å²) in [5.41, 5.74) is 9.88. The fourth-order valence-corrected chi connectivity index (χ4v) is 2.74. The van der Waals surface area contributed by atoms with E-state index in [9.17, 15) is 4.79 Å². The summed E-state index contributed by atoms with van der Waals surface area (Å²) in [6, 6.07) is 11.7. The number of allylic oxidation sites excluding steroid dienone is 1. The molecule has 1 aromatic carbocycles. The van der Waals surface area contributed by atoms with Crippen molar-refractivity contribution in [2.45, 2.75) is 12.8 Å². The third-order valence-electron chi connectivity index (χ3n) is 4.21. The second-order valence-corrected chi connectivity index (χ2v) is 6.09. The molecule has 120 valence electrons. The molecule has 0 atom stereocenters. The predicted octanol–water partition coefficient (Wildman–Crippen LogP) is 3.42. The first-order chi connectivity index (χ1) is 11.7. The number of hydrogen-bond donors (Lipinski definition) is 3. The molecular formula is C19H18N4O. The number of nitrogens with zero attached hydrogens (tertiary/aromatic N) is 1. The van der Waals surface area contributed by atoms with Crippen LogP contribution in [0.15, 0.2) is 60.6 Å². The van der Waals surface area contributed by atoms with Crippen LogP contribution >= 0.6 is 0 Å². The molecule has 5 heteroatoms. The zero-order valence-electron chi connectivity index (χ0n) is 13.1. The van der Waals surface area contributed by atoms with E-state index in [4.69, 9.17) is 5.73 Å². The topological polar surface area (TPSA) is 83.8 Å². The number of hydrogen-bond acceptors (Lipinski definition) is 3. The summed E-state index contributed by atoms with van der Waals surface area (Å²) in [5, 5.41) is 3.91. The Morgan fingerprint density at radius 1 is 1.21 bits per heavy atom. The van der Waals surface area contributed by atoms with Crippen LogP contribution in [0.3, 0.4) is 0 Å². The number of carbonyl (C=O) groups is 1. The van der Waals surface area contributed by atoms with Crippen molar-refractivity contribution in [3.63, 3.8) is 0 Å². The Balaban J connectivity index is 1.54. The quantitative estimate of drug-likeness (QED) is 0.644. The standard InChI is InChI=1S/C19H18N4O/c20-17(11-12-1-2-12)19(24)23-14-5-3-13(4-6-14)15-7-9-21-18-16(15)8-10-22-18/h3-12H,1-2,20H2,(H,21,22)(H,23,24). The Morgan fingerprint density at radius 2 is 2.00 bits per heavy atom. The molecule has 1 fully saturated rings. The molecule has 2 heterocycles. The van der Waals surface area contributed by atoms with Gasteiger partial charge in [-0.2, -0.15) is 0 Å². The first-order valence-corrected chi connectivity index (χ1v) is 8.02. The van der Waals surface area contributed by atoms with Crippen molar-refractivity contribution < 1.29 is 4.79 Å². The summed E-state index contributed by atoms with van der Waals surface area (Å²) in [6.07, 6.45) is 7.77. The molecule has 1 aliphatic rings. The Kier molecular flexibility index (Phi) is 3.54. The van der Waals surface area contributed by atoms with Gasteiger partial charge in [-0.15, -0.1) is 0 Å². The van der Waals surface area contributed by atoms with E-state index in [1.165, 1.54) is 0 Å². The molecule has 4 rings (SSSR count). The van der Waals surface area contributed by atoms with Crippen molar-refractivity contribution in [1.29, 1.82) is 0 Å². The number of carbonyl (C=O) groups excluding carboxylic acids is 1. The number of aromatic nitrogens is 2. The number of pyridine rings is 1. The van der Waals surface area contributed by atoms with E-state index in [0.29, 0.717) is 11.6 Å². The molecule has 0 radical (unpaired) electrons. The molecule has 3 aromatic rings. The molecule has 0 aliphatic heterocycles. The van der Waals surface area contributed by atoms with Gasteiger partial charge in [0.1, 0.15) is 5.65 Å². The Bertz CT molecular complexity index is 920. The van der Waals surface area contributed by atoms with Gasteiger partial charge in [-0.1, -0.05) is 18.2 Å². The van der Waals surface area contributed by atoms with Crippen LogP contribution in [0.1, 0.15) is 12.8 Å². The van der Waals surface area contributed by atoms with Gasteiger partial charge in [0.15, 0.2) is 0 Å². The lowest BCUT2D eigenvalue weighted by Crippen LogP contribution is -2.20. The van der Waals surface area contributed by atoms with E-state index in [-0.39, 0.29) is 5.91 Å². The van der Waals surface area contributed by atoms with Crippen LogP contribution in [0.4, 0.5) is 5.69 Å². The summed E-state index contributed by atoms with van der Waals surface area (Å²) < 4.78 is 0. The maximum Gasteiger partial charge on any atom is 0.271 e. The van der Waals surface area contributed by atoms with Crippen LogP contribution in [-0.4, -0.2) is 15.9 Å². The number of rotatable bonds is 4. The highest BCUT2D eigenvalue weighted by molar-refractivity contribution is 6.03. The number of anilines is 1. The van der Waals surface area contributed by atoms with Gasteiger partial charge in [-0.25, -0.2) is 4.98 Å². The number of fused-ring (bicyclic) bond motifs is 1. The van der Waals surface area contributed by atoms with Crippen LogP contribution in [0.5, 0.6) is 0 Å². The molecule has 1 aliphatic carbocycles. The van der Waals surface area contributed by atoms with E-state index >= 15 is 0 Å². The van der Waals surface area contributed by atoms with Crippen molar-refractivity contribution >= 4 is 22.6 Å². The SMILES string of the molecule is NC(=CC1CC1)C(=O)Nc1ccc(-c2ccnc3[nH]ccc23)cc1. The van der Waals surface area contributed by atoms with Crippen molar-refractivity contribution in [3.8, 4) is 11.1 Å². The van der Waals surface area contributed by atoms with Crippen LogP contribution in [0.25, 0.3) is 22.2 Å². The van der Waals surface area contributed by atoms with Gasteiger partial charge in [-0.05, 0) is 54.2 Å². The van der Waals surface area contributed by atoms with Gasteiger partial charge in [0, 0.05) is 23.5 Å². The third kappa shape index (κ3) is 2.88. The fraction of sp³-hybridized carbons (Fsp3) is 0.158. The largest absolute Gasteiger partial charge is 0.395 e. The molecule has 0 bridgehead atoms. The van der Waals surface area contributed by atoms with Crippen LogP contribution in [0.2, 0.25) is 0 Å². The zero-order valence-corrected chi connectivity index (χ0v) is 13.1. The summed E-state index contributed by atoms with van der Waals surface area (Å²) in [5.74, 6) is 0.236. The first-order valence-electron chi connectivity index (χ1n) is 8.02. The van der Waals surface area contributed by atoms with E-state index < -0.39 is 0 Å². The average molecular weight is 318 g/mol. The highest BCUT2D eigenvalue weighted by atomic mass is 16.2. The van der Waals surface area contributed by atoms with Crippen molar-refractivity contribution in [3.05, 3.63) is 60.6 Å². The third-order valence-corrected chi connectivity index (χ3v) is 4.21. The van der Waals surface area contributed by atoms with Crippen LogP contribution in [-0.2, 0) is 4.79 Å². The highest BCUT2D eigenvalue weighted by Gasteiger charge is 2.20. The molecule has 0 spiro atoms. The lowest BCUT2D eigenvalue weighted by molar-refractivity contribution is -0.112. The molecule has 1 amide bonds. The van der Waals surface area contributed by atoms with Gasteiger partial charge in [0.2, 0.25) is 0 Å². The molecule has 5 nitrogen and oxygen atoms in total. The van der Waals surface area contributed by atoms with Gasteiger partial charge in [0.25, 0.3) is 5.91 Å². The second kappa shape index (κ2) is 5.85. The fourth-order valence-electron chi connectivity index (χ4n) is 2.74. The molecule has 4 N–H and O–H groups in total. The van der Waals surface area contributed by atoms with E-state index in [1.54, 1.807) is 6.20 Å². The number of benzene rings is 1. The van der Waals surface area contributed by atoms with Crippen molar-refractivity contribution in [1.82, 2.24) is 9.97 Å². The van der Waals surface area contributed by atoms with Crippen LogP contribution < -0.4 is 11.1 Å². The monoisotopic (exact) mass is 318 g/mol. The molecule has 0 saturated heterocycles. The summed E-state index contributed by atoms with van der Waals surface area (Å²) in [6.45, 7) is 0. The molecule has 2 aromatic heterocycles. The number of nitrogens with two attached hydrogens (primary N) is 1. The Labute approximate surface area is 139 Å². The number of aromatic amines is 1. The van der Waals surface area contributed by atoms with E-state index in [0.717, 1.165) is 40.7 Å². The van der Waals surface area contributed by atoms with E-state index in [1.807, 2.05) is 48.7 Å². The Hall–Kier alpha value is -3.08. The zero-order chi connectivity index (χ0) is 16.5. The lowest BCUT2D eigenvalue weighted by atomic mass is 10.0. The van der Waals surface area contributed by atoms with Gasteiger partial charge >= 0.3 is 0 Å². The first kappa shape index (κ1) is 14.5. The molecule has 1 saturated carbocycles. The minimum Gasteiger partial charge on any atom is -0.395 e. The predicted molar refractivity (Wildman–Crippen MR) is 95.2 cm³/mol. The van der Waals surface area contributed by atoms with Crippen molar-refractivity contribution in [2.24, 2.45) is 11.7 Å². The number of H-pyrrole nitrogens is 1. The minimum atomic E-state index is -0.244. The number of nitrogens with one attached hydrogen (secondary N) is 2. The molecule has 0 unspecified atom stereocenters. The summed E-state index contributed by atoms with van der Waals surface area (Å²) in [7, 11) is 0. The van der Waals surface area contributed by atoms with Gasteiger partial charge in [0.05, 0.1) is 5.70 Å². The molecular weight excluding hydrogens is 300 g/mol. The average Bonchev–Trinajstić information content (AvgIpc) is 3.27.